The van der Waals surface area contributed by atoms with Crippen LogP contribution in [0.3, 0.4) is 0 Å². The Morgan fingerprint density at radius 1 is 1.10 bits per heavy atom. The van der Waals surface area contributed by atoms with Gasteiger partial charge in [-0.1, -0.05) is 6.07 Å². The molecule has 1 aliphatic heterocycles. The van der Waals surface area contributed by atoms with Crippen LogP contribution in [-0.2, 0) is 16.8 Å². The molecule has 1 saturated heterocycles. The molecule has 2 N–H and O–H groups in total. The summed E-state index contributed by atoms with van der Waals surface area (Å²) in [4.78, 5) is 2.18. The van der Waals surface area contributed by atoms with E-state index in [0.717, 1.165) is 12.1 Å². The van der Waals surface area contributed by atoms with Crippen LogP contribution in [0.2, 0.25) is 0 Å². The van der Waals surface area contributed by atoms with E-state index in [4.69, 9.17) is 14.6 Å². The number of nitrogens with two attached hydrogens (primary N) is 1. The molecule has 0 unspecified atom stereocenters. The van der Waals surface area contributed by atoms with Crippen LogP contribution in [0.1, 0.15) is 5.56 Å². The van der Waals surface area contributed by atoms with Gasteiger partial charge in [-0.15, -0.1) is 0 Å². The first-order valence-electron chi connectivity index (χ1n) is 6.65. The van der Waals surface area contributed by atoms with E-state index in [1.54, 1.807) is 14.2 Å². The molecule has 1 fully saturated rings. The van der Waals surface area contributed by atoms with Gasteiger partial charge >= 0.3 is 0 Å². The lowest BCUT2D eigenvalue weighted by Crippen LogP contribution is -2.50. The van der Waals surface area contributed by atoms with E-state index in [0.29, 0.717) is 37.7 Å². The highest BCUT2D eigenvalue weighted by atomic mass is 32.2. The van der Waals surface area contributed by atoms with Gasteiger partial charge in [-0.25, -0.2) is 5.14 Å². The molecule has 0 radical (unpaired) electrons. The van der Waals surface area contributed by atoms with E-state index in [-0.39, 0.29) is 0 Å². The number of rotatable bonds is 5. The maximum atomic E-state index is 11.3. The fourth-order valence-electron chi connectivity index (χ4n) is 2.38. The van der Waals surface area contributed by atoms with Crippen molar-refractivity contribution in [3.05, 3.63) is 23.8 Å². The van der Waals surface area contributed by atoms with Gasteiger partial charge < -0.3 is 9.47 Å². The Kier molecular flexibility index (Phi) is 5.04. The Balaban J connectivity index is 1.98. The highest BCUT2D eigenvalue weighted by Gasteiger charge is 2.23. The monoisotopic (exact) mass is 315 g/mol. The normalized spacial score (nSPS) is 17.7. The van der Waals surface area contributed by atoms with Crippen molar-refractivity contribution in [2.75, 3.05) is 40.4 Å². The van der Waals surface area contributed by atoms with Crippen LogP contribution in [0.25, 0.3) is 0 Å². The largest absolute Gasteiger partial charge is 0.493 e. The van der Waals surface area contributed by atoms with Crippen LogP contribution < -0.4 is 14.6 Å². The van der Waals surface area contributed by atoms with Crippen LogP contribution in [0.15, 0.2) is 18.2 Å². The quantitative estimate of drug-likeness (QED) is 0.828. The first-order chi connectivity index (χ1) is 9.94. The smallest absolute Gasteiger partial charge is 0.276 e. The molecule has 8 heteroatoms. The Morgan fingerprint density at radius 2 is 1.71 bits per heavy atom. The zero-order valence-electron chi connectivity index (χ0n) is 12.3. The van der Waals surface area contributed by atoms with E-state index >= 15 is 0 Å². The van der Waals surface area contributed by atoms with Crippen molar-refractivity contribution in [3.63, 3.8) is 0 Å². The molecule has 0 saturated carbocycles. The molecule has 7 nitrogen and oxygen atoms in total. The zero-order valence-corrected chi connectivity index (χ0v) is 13.1. The summed E-state index contributed by atoms with van der Waals surface area (Å²) in [5.74, 6) is 1.39. The molecular weight excluding hydrogens is 294 g/mol. The lowest BCUT2D eigenvalue weighted by molar-refractivity contribution is 0.181. The van der Waals surface area contributed by atoms with Gasteiger partial charge in [-0.05, 0) is 17.7 Å². The molecule has 1 heterocycles. The number of nitrogens with zero attached hydrogens (tertiary/aromatic N) is 2. The summed E-state index contributed by atoms with van der Waals surface area (Å²) in [6, 6.07) is 5.78. The SMILES string of the molecule is COc1ccc(CN2CCN(S(N)(=O)=O)CC2)cc1OC. The van der Waals surface area contributed by atoms with E-state index in [1.807, 2.05) is 18.2 Å². The molecule has 0 spiro atoms. The summed E-state index contributed by atoms with van der Waals surface area (Å²) in [5, 5.41) is 5.13. The van der Waals surface area contributed by atoms with Gasteiger partial charge in [0.1, 0.15) is 0 Å². The van der Waals surface area contributed by atoms with Gasteiger partial charge in [-0.3, -0.25) is 4.90 Å². The Hall–Kier alpha value is -1.35. The second-order valence-corrected chi connectivity index (χ2v) is 6.46. The van der Waals surface area contributed by atoms with Gasteiger partial charge in [-0.2, -0.15) is 12.7 Å². The molecular formula is C13H21N3O4S. The van der Waals surface area contributed by atoms with Crippen molar-refractivity contribution in [2.45, 2.75) is 6.54 Å². The minimum Gasteiger partial charge on any atom is -0.493 e. The fraction of sp³-hybridized carbons (Fsp3) is 0.538. The van der Waals surface area contributed by atoms with E-state index in [1.165, 1.54) is 4.31 Å². The highest BCUT2D eigenvalue weighted by molar-refractivity contribution is 7.86. The fourth-order valence-corrected chi connectivity index (χ4v) is 3.05. The molecule has 1 aliphatic rings. The molecule has 0 atom stereocenters. The number of hydrogen-bond donors (Lipinski definition) is 1. The van der Waals surface area contributed by atoms with Gasteiger partial charge in [0.2, 0.25) is 0 Å². The van der Waals surface area contributed by atoms with Crippen LogP contribution in [0.5, 0.6) is 11.5 Å². The predicted molar refractivity (Wildman–Crippen MR) is 79.5 cm³/mol. The lowest BCUT2D eigenvalue weighted by Gasteiger charge is -2.32. The van der Waals surface area contributed by atoms with Crippen molar-refractivity contribution >= 4 is 10.2 Å². The van der Waals surface area contributed by atoms with Gasteiger partial charge in [0, 0.05) is 32.7 Å². The van der Waals surface area contributed by atoms with Gasteiger partial charge in [0.25, 0.3) is 10.2 Å². The third-order valence-corrected chi connectivity index (χ3v) is 4.63. The molecule has 1 aromatic carbocycles. The minimum atomic E-state index is -3.57. The molecule has 0 aliphatic carbocycles. The Bertz CT molecular complexity index is 583. The minimum absolute atomic E-state index is 0.423. The summed E-state index contributed by atoms with van der Waals surface area (Å²) >= 11 is 0. The van der Waals surface area contributed by atoms with Crippen molar-refractivity contribution in [1.29, 1.82) is 0 Å². The Morgan fingerprint density at radius 3 is 2.24 bits per heavy atom. The predicted octanol–water partition coefficient (Wildman–Crippen LogP) is 0.0249. The number of methoxy groups -OCH3 is 2. The second-order valence-electron chi connectivity index (χ2n) is 4.91. The van der Waals surface area contributed by atoms with Crippen LogP contribution >= 0.6 is 0 Å². The lowest BCUT2D eigenvalue weighted by atomic mass is 10.1. The Labute approximate surface area is 125 Å². The standard InChI is InChI=1S/C13H21N3O4S/c1-19-12-4-3-11(9-13(12)20-2)10-15-5-7-16(8-6-15)21(14,17)18/h3-4,9H,5-8,10H2,1-2H3,(H2,14,17,18). The highest BCUT2D eigenvalue weighted by Crippen LogP contribution is 2.28. The van der Waals surface area contributed by atoms with Crippen molar-refractivity contribution in [1.82, 2.24) is 9.21 Å². The number of ether oxygens (including phenoxy) is 2. The van der Waals surface area contributed by atoms with Gasteiger partial charge in [0.05, 0.1) is 14.2 Å². The summed E-state index contributed by atoms with van der Waals surface area (Å²) in [7, 11) is -0.367. The summed E-state index contributed by atoms with van der Waals surface area (Å²) in [5.41, 5.74) is 1.09. The van der Waals surface area contributed by atoms with Crippen LogP contribution in [0.4, 0.5) is 0 Å². The van der Waals surface area contributed by atoms with Crippen LogP contribution in [0, 0.1) is 0 Å². The van der Waals surface area contributed by atoms with Crippen molar-refractivity contribution < 1.29 is 17.9 Å². The molecule has 2 rings (SSSR count). The number of piperazine rings is 1. The molecule has 1 aromatic rings. The molecule has 21 heavy (non-hydrogen) atoms. The second kappa shape index (κ2) is 6.61. The van der Waals surface area contributed by atoms with Crippen LogP contribution in [-0.4, -0.2) is 58.0 Å². The first kappa shape index (κ1) is 16.0. The van der Waals surface area contributed by atoms with E-state index in [2.05, 4.69) is 4.90 Å². The summed E-state index contributed by atoms with van der Waals surface area (Å²) in [6.45, 7) is 2.90. The maximum Gasteiger partial charge on any atom is 0.276 e. The molecule has 0 aromatic heterocycles. The molecule has 0 amide bonds. The third-order valence-electron chi connectivity index (χ3n) is 3.55. The van der Waals surface area contributed by atoms with Crippen molar-refractivity contribution in [3.8, 4) is 11.5 Å². The molecule has 0 bridgehead atoms. The molecule has 118 valence electrons. The number of benzene rings is 1. The van der Waals surface area contributed by atoms with E-state index in [9.17, 15) is 8.42 Å². The summed E-state index contributed by atoms with van der Waals surface area (Å²) < 4.78 is 34.3. The van der Waals surface area contributed by atoms with Gasteiger partial charge in [0.15, 0.2) is 11.5 Å². The summed E-state index contributed by atoms with van der Waals surface area (Å²) in [6.07, 6.45) is 0. The van der Waals surface area contributed by atoms with Crippen molar-refractivity contribution in [2.24, 2.45) is 5.14 Å². The average molecular weight is 315 g/mol. The average Bonchev–Trinajstić information content (AvgIpc) is 2.46. The third kappa shape index (κ3) is 4.07. The maximum absolute atomic E-state index is 11.3. The zero-order chi connectivity index (χ0) is 15.5. The topological polar surface area (TPSA) is 85.1 Å². The first-order valence-corrected chi connectivity index (χ1v) is 8.15. The number of hydrogen-bond acceptors (Lipinski definition) is 5. The van der Waals surface area contributed by atoms with E-state index < -0.39 is 10.2 Å².